The third-order valence-electron chi connectivity index (χ3n) is 7.71. The number of nitriles is 1. The van der Waals surface area contributed by atoms with Gasteiger partial charge in [0.1, 0.15) is 6.07 Å². The fraction of sp³-hybridized carbons (Fsp3) is 0.357. The van der Waals surface area contributed by atoms with Crippen molar-refractivity contribution in [2.45, 2.75) is 33.0 Å². The van der Waals surface area contributed by atoms with Crippen molar-refractivity contribution in [2.75, 3.05) is 24.5 Å². The second-order valence-electron chi connectivity index (χ2n) is 10.1. The predicted molar refractivity (Wildman–Crippen MR) is 154 cm³/mol. The molecule has 5 rings (SSSR count). The molecule has 0 bridgehead atoms. The van der Waals surface area contributed by atoms with Crippen LogP contribution in [-0.2, 0) is 4.79 Å². The van der Waals surface area contributed by atoms with Crippen LogP contribution in [0.2, 0.25) is 0 Å². The highest BCUT2D eigenvalue weighted by molar-refractivity contribution is 7.17. The van der Waals surface area contributed by atoms with E-state index < -0.39 is 29.1 Å². The van der Waals surface area contributed by atoms with Crippen LogP contribution >= 0.6 is 11.3 Å². The fourth-order valence-electron chi connectivity index (χ4n) is 5.49. The predicted octanol–water partition coefficient (Wildman–Crippen LogP) is 3.62. The molecular weight excluding hydrogens is 528 g/mol. The summed E-state index contributed by atoms with van der Waals surface area (Å²) < 4.78 is 0.918. The van der Waals surface area contributed by atoms with Gasteiger partial charge in [0.25, 0.3) is 0 Å². The lowest BCUT2D eigenvalue weighted by atomic mass is 9.68. The first kappa shape index (κ1) is 27.2. The second-order valence-corrected chi connectivity index (χ2v) is 11.0. The fourth-order valence-corrected chi connectivity index (χ4v) is 6.28. The van der Waals surface area contributed by atoms with Crippen LogP contribution in [0.1, 0.15) is 31.4 Å². The van der Waals surface area contributed by atoms with Crippen molar-refractivity contribution >= 4 is 45.5 Å². The number of carbonyl (C=O) groups excluding carboxylic acids is 1. The zero-order valence-electron chi connectivity index (χ0n) is 22.4. The number of fused-ring (bicyclic) bond motifs is 1. The number of aliphatic carboxylic acids is 1. The van der Waals surface area contributed by atoms with Crippen molar-refractivity contribution < 1.29 is 14.7 Å². The van der Waals surface area contributed by atoms with Gasteiger partial charge < -0.3 is 20.6 Å². The van der Waals surface area contributed by atoms with Gasteiger partial charge in [-0.3, -0.25) is 15.1 Å². The SMILES string of the molecule is CCNC(=O)NC1(C2CNCCC2(C)C(=O)O)N=CC=CN1c1cc(-c2cc(C)c(C#N)cn2)c2scnc2c1. The number of thiazole rings is 1. The highest BCUT2D eigenvalue weighted by Gasteiger charge is 2.57. The van der Waals surface area contributed by atoms with Crippen molar-refractivity contribution in [1.29, 1.82) is 5.26 Å². The van der Waals surface area contributed by atoms with E-state index in [-0.39, 0.29) is 0 Å². The Morgan fingerprint density at radius 3 is 2.88 bits per heavy atom. The Labute approximate surface area is 235 Å². The molecule has 2 amide bonds. The van der Waals surface area contributed by atoms with Gasteiger partial charge >= 0.3 is 12.0 Å². The quantitative estimate of drug-likeness (QED) is 0.358. The highest BCUT2D eigenvalue weighted by atomic mass is 32.1. The van der Waals surface area contributed by atoms with Gasteiger partial charge in [-0.1, -0.05) is 0 Å². The Morgan fingerprint density at radius 1 is 1.32 bits per heavy atom. The molecule has 2 aromatic heterocycles. The lowest BCUT2D eigenvalue weighted by molar-refractivity contribution is -0.155. The molecule has 0 saturated carbocycles. The third kappa shape index (κ3) is 4.57. The van der Waals surface area contributed by atoms with Crippen LogP contribution in [0, 0.1) is 29.6 Å². The number of aliphatic imine (C=N–C) groups is 1. The topological polar surface area (TPSA) is 156 Å². The third-order valence-corrected chi connectivity index (χ3v) is 8.59. The molecule has 3 atom stereocenters. The number of aryl methyl sites for hydroxylation is 1. The minimum atomic E-state index is -1.47. The second kappa shape index (κ2) is 10.7. The molecule has 11 nitrogen and oxygen atoms in total. The minimum absolute atomic E-state index is 0.319. The van der Waals surface area contributed by atoms with Crippen LogP contribution in [-0.4, -0.2) is 58.7 Å². The van der Waals surface area contributed by atoms with Crippen LogP contribution in [0.3, 0.4) is 0 Å². The number of carboxylic acids is 1. The van der Waals surface area contributed by atoms with Gasteiger partial charge in [0.05, 0.1) is 38.3 Å². The maximum Gasteiger partial charge on any atom is 0.318 e. The number of nitrogens with zero attached hydrogens (tertiary/aromatic N) is 5. The lowest BCUT2D eigenvalue weighted by Crippen LogP contribution is -2.71. The van der Waals surface area contributed by atoms with Crippen LogP contribution < -0.4 is 20.9 Å². The number of benzene rings is 1. The van der Waals surface area contributed by atoms with Crippen LogP contribution in [0.4, 0.5) is 10.5 Å². The van der Waals surface area contributed by atoms with Gasteiger partial charge in [-0.15, -0.1) is 11.3 Å². The average Bonchev–Trinajstić information content (AvgIpc) is 3.42. The Morgan fingerprint density at radius 2 is 2.15 bits per heavy atom. The van der Waals surface area contributed by atoms with Gasteiger partial charge in [0, 0.05) is 43.0 Å². The number of hydrogen-bond donors (Lipinski definition) is 4. The number of carboxylic acid groups (broad SMARTS) is 1. The number of hydrogen-bond acceptors (Lipinski definition) is 9. The van der Waals surface area contributed by atoms with E-state index >= 15 is 0 Å². The maximum atomic E-state index is 13.1. The van der Waals surface area contributed by atoms with E-state index in [1.54, 1.807) is 37.1 Å². The largest absolute Gasteiger partial charge is 0.481 e. The first-order valence-electron chi connectivity index (χ1n) is 13.0. The van der Waals surface area contributed by atoms with E-state index in [4.69, 9.17) is 4.99 Å². The Hall–Kier alpha value is -4.34. The van der Waals surface area contributed by atoms with Crippen LogP contribution in [0.15, 0.2) is 47.2 Å². The van der Waals surface area contributed by atoms with Gasteiger partial charge in [0.15, 0.2) is 0 Å². The maximum absolute atomic E-state index is 13.1. The molecule has 2 aliphatic heterocycles. The molecule has 206 valence electrons. The molecule has 1 fully saturated rings. The summed E-state index contributed by atoms with van der Waals surface area (Å²) in [6, 6.07) is 7.41. The number of aromatic nitrogens is 2. The number of nitrogens with one attached hydrogen (secondary N) is 3. The van der Waals surface area contributed by atoms with E-state index in [0.717, 1.165) is 21.3 Å². The number of anilines is 1. The van der Waals surface area contributed by atoms with Crippen molar-refractivity contribution in [3.05, 3.63) is 53.3 Å². The van der Waals surface area contributed by atoms with Crippen LogP contribution in [0.5, 0.6) is 0 Å². The van der Waals surface area contributed by atoms with Crippen molar-refractivity contribution in [1.82, 2.24) is 25.9 Å². The van der Waals surface area contributed by atoms with E-state index in [2.05, 4.69) is 32.0 Å². The highest BCUT2D eigenvalue weighted by Crippen LogP contribution is 2.46. The van der Waals surface area contributed by atoms with Gasteiger partial charge in [-0.2, -0.15) is 5.26 Å². The number of rotatable bonds is 6. The molecule has 1 saturated heterocycles. The first-order chi connectivity index (χ1) is 19.2. The lowest BCUT2D eigenvalue weighted by Gasteiger charge is -2.52. The smallest absolute Gasteiger partial charge is 0.318 e. The molecule has 2 aliphatic rings. The Bertz CT molecular complexity index is 1580. The van der Waals surface area contributed by atoms with Gasteiger partial charge in [-0.05, 0) is 63.6 Å². The standard InChI is InChI=1S/C28H30N8O3S/c1-4-31-26(39)35-28(23-15-30-8-6-27(23,3)25(37)38)34-7-5-9-36(28)19-11-20(24-22(12-19)33-16-40-24)21-10-17(2)18(13-29)14-32-21/h5,7,9-12,14,16,23,30H,4,6,8,15H2,1-3H3,(H,37,38)(H2,31,35,39). The molecule has 0 radical (unpaired) electrons. The summed E-state index contributed by atoms with van der Waals surface area (Å²) in [5.41, 5.74) is 4.72. The number of pyridine rings is 1. The van der Waals surface area contributed by atoms with Crippen molar-refractivity contribution in [3.8, 4) is 17.3 Å². The zero-order valence-corrected chi connectivity index (χ0v) is 23.2. The Balaban J connectivity index is 1.72. The summed E-state index contributed by atoms with van der Waals surface area (Å²) in [5, 5.41) is 28.9. The van der Waals surface area contributed by atoms with Crippen molar-refractivity contribution in [2.24, 2.45) is 16.3 Å². The number of allylic oxidation sites excluding steroid dienone is 1. The first-order valence-corrected chi connectivity index (χ1v) is 13.9. The van der Waals surface area contributed by atoms with E-state index in [9.17, 15) is 20.0 Å². The molecule has 12 heteroatoms. The normalized spacial score (nSPS) is 24.1. The van der Waals surface area contributed by atoms with E-state index in [1.165, 1.54) is 11.3 Å². The molecular formula is C28H30N8O3S. The van der Waals surface area contributed by atoms with Crippen molar-refractivity contribution in [3.63, 3.8) is 0 Å². The molecule has 4 N–H and O–H groups in total. The molecule has 0 aliphatic carbocycles. The molecule has 0 spiro atoms. The monoisotopic (exact) mass is 558 g/mol. The zero-order chi connectivity index (χ0) is 28.5. The Kier molecular flexibility index (Phi) is 7.27. The summed E-state index contributed by atoms with van der Waals surface area (Å²) in [7, 11) is 0. The molecule has 1 aromatic carbocycles. The minimum Gasteiger partial charge on any atom is -0.481 e. The van der Waals surface area contributed by atoms with Crippen LogP contribution in [0.25, 0.3) is 21.5 Å². The summed E-state index contributed by atoms with van der Waals surface area (Å²) in [4.78, 5) is 41.6. The molecule has 40 heavy (non-hydrogen) atoms. The number of piperidine rings is 1. The summed E-state index contributed by atoms with van der Waals surface area (Å²) in [5.74, 6) is -3.07. The van der Waals surface area contributed by atoms with E-state index in [0.29, 0.717) is 43.0 Å². The summed E-state index contributed by atoms with van der Waals surface area (Å²) >= 11 is 1.48. The van der Waals surface area contributed by atoms with Gasteiger partial charge in [-0.25, -0.2) is 14.8 Å². The summed E-state index contributed by atoms with van der Waals surface area (Å²) in [6.07, 6.45) is 7.06. The molecule has 3 unspecified atom stereocenters. The number of urea groups is 1. The number of amides is 2. The number of carbonyl (C=O) groups is 2. The average molecular weight is 559 g/mol. The van der Waals surface area contributed by atoms with E-state index in [1.807, 2.05) is 36.9 Å². The molecule has 4 heterocycles. The summed E-state index contributed by atoms with van der Waals surface area (Å²) in [6.45, 7) is 6.63. The van der Waals surface area contributed by atoms with Gasteiger partial charge in [0.2, 0.25) is 5.79 Å². The molecule has 3 aromatic rings.